The van der Waals surface area contributed by atoms with Crippen molar-refractivity contribution in [3.8, 4) is 5.75 Å². The van der Waals surface area contributed by atoms with E-state index < -0.39 is 36.5 Å². The summed E-state index contributed by atoms with van der Waals surface area (Å²) in [4.78, 5) is 13.7. The highest BCUT2D eigenvalue weighted by molar-refractivity contribution is 6.31. The molecule has 0 radical (unpaired) electrons. The fraction of sp³-hybridized carbons (Fsp3) is 0.367. The zero-order chi connectivity index (χ0) is 28.1. The fourth-order valence-electron chi connectivity index (χ4n) is 4.74. The molecule has 0 amide bonds. The number of esters is 1. The van der Waals surface area contributed by atoms with E-state index >= 15 is 0 Å². The van der Waals surface area contributed by atoms with Crippen LogP contribution in [0.3, 0.4) is 0 Å². The summed E-state index contributed by atoms with van der Waals surface area (Å²) in [6.45, 7) is 2.72. The molecule has 3 aromatic carbocycles. The summed E-state index contributed by atoms with van der Waals surface area (Å²) in [5.74, 6) is 0.335. The summed E-state index contributed by atoms with van der Waals surface area (Å²) in [6, 6.07) is 20.0. The average molecular weight is 556 g/mol. The number of ether oxygens (including phenoxy) is 3. The van der Waals surface area contributed by atoms with Crippen molar-refractivity contribution < 1.29 is 34.3 Å². The number of anilines is 1. The molecule has 3 N–H and O–H groups in total. The molecule has 0 unspecified atom stereocenters. The summed E-state index contributed by atoms with van der Waals surface area (Å²) in [6.07, 6.45) is -5.25. The Morgan fingerprint density at radius 3 is 2.44 bits per heavy atom. The maximum absolute atomic E-state index is 11.9. The van der Waals surface area contributed by atoms with Crippen molar-refractivity contribution in [1.29, 1.82) is 0 Å². The van der Waals surface area contributed by atoms with E-state index in [0.29, 0.717) is 34.9 Å². The van der Waals surface area contributed by atoms with Gasteiger partial charge in [-0.1, -0.05) is 41.9 Å². The summed E-state index contributed by atoms with van der Waals surface area (Å²) < 4.78 is 16.5. The molecule has 5 atom stereocenters. The molecule has 9 heteroatoms. The molecule has 3 aromatic rings. The Morgan fingerprint density at radius 2 is 1.74 bits per heavy atom. The minimum Gasteiger partial charge on any atom is -0.494 e. The van der Waals surface area contributed by atoms with E-state index in [0.717, 1.165) is 16.9 Å². The number of carbonyl (C=O) groups is 1. The van der Waals surface area contributed by atoms with Gasteiger partial charge in [-0.2, -0.15) is 0 Å². The van der Waals surface area contributed by atoms with E-state index in [-0.39, 0.29) is 6.54 Å². The lowest BCUT2D eigenvalue weighted by atomic mass is 9.89. The number of hydrogen-bond donors (Lipinski definition) is 3. The van der Waals surface area contributed by atoms with Gasteiger partial charge in [0.2, 0.25) is 0 Å². The first-order valence-corrected chi connectivity index (χ1v) is 13.2. The smallest absolute Gasteiger partial charge is 0.337 e. The topological polar surface area (TPSA) is 109 Å². The van der Waals surface area contributed by atoms with E-state index in [4.69, 9.17) is 25.8 Å². The maximum atomic E-state index is 11.9. The summed E-state index contributed by atoms with van der Waals surface area (Å²) in [7, 11) is 3.11. The Bertz CT molecular complexity index is 1270. The molecule has 0 aliphatic carbocycles. The Hall–Kier alpha value is -3.14. The predicted octanol–water partition coefficient (Wildman–Crippen LogP) is 3.78. The monoisotopic (exact) mass is 555 g/mol. The van der Waals surface area contributed by atoms with Crippen LogP contribution in [0.1, 0.15) is 40.1 Å². The van der Waals surface area contributed by atoms with E-state index in [9.17, 15) is 20.1 Å². The number of methoxy groups -OCH3 is 1. The molecule has 0 aromatic heterocycles. The summed E-state index contributed by atoms with van der Waals surface area (Å²) >= 11 is 6.51. The standard InChI is InChI=1S/C30H34ClNO7/c1-4-38-23-11-8-18(9-12-23)14-21-15-19(10-13-24(21)31)29-28(35)27(34)26(33)25(39-29)17-32(2)22-7-5-6-20(16-22)30(36)37-3/h5-13,15-16,25-29,33-35H,4,14,17H2,1-3H3/t25-,26-,27+,28-,29+/m1/s1. The summed E-state index contributed by atoms with van der Waals surface area (Å²) in [5, 5.41) is 32.9. The zero-order valence-corrected chi connectivity index (χ0v) is 22.9. The van der Waals surface area contributed by atoms with E-state index in [1.807, 2.05) is 43.3 Å². The number of benzene rings is 3. The van der Waals surface area contributed by atoms with Crippen LogP contribution in [0.25, 0.3) is 0 Å². The molecule has 1 aliphatic rings. The van der Waals surface area contributed by atoms with Crippen LogP contribution in [0.2, 0.25) is 5.02 Å². The third-order valence-corrected chi connectivity index (χ3v) is 7.27. The van der Waals surface area contributed by atoms with Crippen molar-refractivity contribution in [3.63, 3.8) is 0 Å². The Morgan fingerprint density at radius 1 is 1.00 bits per heavy atom. The van der Waals surface area contributed by atoms with Gasteiger partial charge in [-0.05, 0) is 66.4 Å². The van der Waals surface area contributed by atoms with Crippen molar-refractivity contribution in [2.75, 3.05) is 32.2 Å². The van der Waals surface area contributed by atoms with E-state index in [1.165, 1.54) is 7.11 Å². The van der Waals surface area contributed by atoms with Crippen LogP contribution in [-0.4, -0.2) is 73.0 Å². The van der Waals surface area contributed by atoms with Gasteiger partial charge < -0.3 is 34.4 Å². The van der Waals surface area contributed by atoms with Crippen LogP contribution in [0, 0.1) is 0 Å². The van der Waals surface area contributed by atoms with Crippen LogP contribution in [0.15, 0.2) is 66.7 Å². The first-order chi connectivity index (χ1) is 18.7. The number of likely N-dealkylation sites (N-methyl/N-ethyl adjacent to an activating group) is 1. The second kappa shape index (κ2) is 12.8. The van der Waals surface area contributed by atoms with Crippen LogP contribution >= 0.6 is 11.6 Å². The third kappa shape index (κ3) is 6.72. The molecule has 1 saturated heterocycles. The largest absolute Gasteiger partial charge is 0.494 e. The van der Waals surface area contributed by atoms with Gasteiger partial charge in [0, 0.05) is 24.3 Å². The minimum atomic E-state index is -1.42. The molecule has 1 aliphatic heterocycles. The number of aliphatic hydroxyl groups is 3. The molecule has 0 saturated carbocycles. The predicted molar refractivity (Wildman–Crippen MR) is 149 cm³/mol. The second-order valence-electron chi connectivity index (χ2n) is 9.59. The van der Waals surface area contributed by atoms with Crippen molar-refractivity contribution in [3.05, 3.63) is 94.0 Å². The van der Waals surface area contributed by atoms with E-state index in [1.54, 1.807) is 42.3 Å². The fourth-order valence-corrected chi connectivity index (χ4v) is 4.92. The molecule has 1 heterocycles. The first kappa shape index (κ1) is 28.9. The van der Waals surface area contributed by atoms with Crippen molar-refractivity contribution in [1.82, 2.24) is 0 Å². The molecular formula is C30H34ClNO7. The maximum Gasteiger partial charge on any atom is 0.337 e. The molecule has 39 heavy (non-hydrogen) atoms. The van der Waals surface area contributed by atoms with Crippen molar-refractivity contribution in [2.45, 2.75) is 43.9 Å². The molecule has 4 rings (SSSR count). The molecule has 0 bridgehead atoms. The number of rotatable bonds is 9. The van der Waals surface area contributed by atoms with Gasteiger partial charge in [0.1, 0.15) is 36.3 Å². The van der Waals surface area contributed by atoms with Crippen molar-refractivity contribution in [2.24, 2.45) is 0 Å². The molecule has 8 nitrogen and oxygen atoms in total. The van der Waals surface area contributed by atoms with Crippen LogP contribution in [0.4, 0.5) is 5.69 Å². The normalized spacial score (nSPS) is 22.8. The molecular weight excluding hydrogens is 522 g/mol. The molecule has 208 valence electrons. The Kier molecular flexibility index (Phi) is 9.48. The van der Waals surface area contributed by atoms with Gasteiger partial charge in [-0.3, -0.25) is 0 Å². The SMILES string of the molecule is CCOc1ccc(Cc2cc([C@@H]3O[C@H](CN(C)c4cccc(C(=O)OC)c4)[C@@H](O)[C@H](O)[C@H]3O)ccc2Cl)cc1. The van der Waals surface area contributed by atoms with Gasteiger partial charge >= 0.3 is 5.97 Å². The van der Waals surface area contributed by atoms with Crippen LogP contribution < -0.4 is 9.64 Å². The number of carbonyl (C=O) groups excluding carboxylic acids is 1. The highest BCUT2D eigenvalue weighted by Crippen LogP contribution is 2.35. The Balaban J connectivity index is 1.53. The van der Waals surface area contributed by atoms with E-state index in [2.05, 4.69) is 0 Å². The molecule has 1 fully saturated rings. The van der Waals surface area contributed by atoms with Gasteiger partial charge in [0.25, 0.3) is 0 Å². The quantitative estimate of drug-likeness (QED) is 0.342. The highest BCUT2D eigenvalue weighted by Gasteiger charge is 2.44. The van der Waals surface area contributed by atoms with Crippen molar-refractivity contribution >= 4 is 23.3 Å². The highest BCUT2D eigenvalue weighted by atomic mass is 35.5. The Labute approximate surface area is 233 Å². The lowest BCUT2D eigenvalue weighted by Crippen LogP contribution is -2.57. The summed E-state index contributed by atoms with van der Waals surface area (Å²) in [5.41, 5.74) is 3.60. The zero-order valence-electron chi connectivity index (χ0n) is 22.2. The average Bonchev–Trinajstić information content (AvgIpc) is 2.95. The lowest BCUT2D eigenvalue weighted by molar-refractivity contribution is -0.221. The van der Waals surface area contributed by atoms with Gasteiger partial charge in [0.05, 0.1) is 19.3 Å². The van der Waals surface area contributed by atoms with Crippen LogP contribution in [-0.2, 0) is 15.9 Å². The van der Waals surface area contributed by atoms with Gasteiger partial charge in [-0.15, -0.1) is 0 Å². The number of nitrogens with zero attached hydrogens (tertiary/aromatic N) is 1. The lowest BCUT2D eigenvalue weighted by Gasteiger charge is -2.42. The number of aliphatic hydroxyl groups excluding tert-OH is 3. The minimum absolute atomic E-state index is 0.193. The van der Waals surface area contributed by atoms with Gasteiger partial charge in [0.15, 0.2) is 0 Å². The second-order valence-corrected chi connectivity index (χ2v) is 10.0. The number of halogens is 1. The first-order valence-electron chi connectivity index (χ1n) is 12.8. The van der Waals surface area contributed by atoms with Gasteiger partial charge in [-0.25, -0.2) is 4.79 Å². The third-order valence-electron chi connectivity index (χ3n) is 6.90. The van der Waals surface area contributed by atoms with Crippen LogP contribution in [0.5, 0.6) is 5.75 Å². The number of hydrogen-bond acceptors (Lipinski definition) is 8. The molecule has 0 spiro atoms.